The van der Waals surface area contributed by atoms with Crippen molar-refractivity contribution in [3.63, 3.8) is 0 Å². The second-order valence-electron chi connectivity index (χ2n) is 3.13. The Morgan fingerprint density at radius 3 is 2.05 bits per heavy atom. The Labute approximate surface area is 127 Å². The minimum Gasteiger partial charge on any atom is -0.424 e. The molecule has 0 saturated carbocycles. The van der Waals surface area contributed by atoms with E-state index in [-0.39, 0.29) is 23.0 Å². The fraction of sp³-hybridized carbons (Fsp3) is 0.400. The van der Waals surface area contributed by atoms with Crippen LogP contribution in [0, 0.1) is 10.1 Å². The normalized spacial score (nSPS) is 10.6. The smallest absolute Gasteiger partial charge is 0.424 e. The van der Waals surface area contributed by atoms with Gasteiger partial charge in [-0.1, -0.05) is 0 Å². The van der Waals surface area contributed by atoms with Crippen LogP contribution in [0.25, 0.3) is 0 Å². The first-order chi connectivity index (χ1) is 8.50. The van der Waals surface area contributed by atoms with Gasteiger partial charge in [0, 0.05) is 23.9 Å². The molecule has 19 heavy (non-hydrogen) atoms. The van der Waals surface area contributed by atoms with Crippen molar-refractivity contribution in [2.75, 3.05) is 13.2 Å². The third-order valence-corrected chi connectivity index (χ3v) is 4.28. The third kappa shape index (κ3) is 6.00. The van der Waals surface area contributed by atoms with Crippen molar-refractivity contribution in [2.24, 2.45) is 0 Å². The van der Waals surface area contributed by atoms with Crippen molar-refractivity contribution in [1.29, 1.82) is 0 Å². The number of nitrogens with zero attached hydrogens (tertiary/aromatic N) is 1. The quantitative estimate of drug-likeness (QED) is 0.333. The van der Waals surface area contributed by atoms with Gasteiger partial charge in [0.2, 0.25) is 0 Å². The van der Waals surface area contributed by atoms with Gasteiger partial charge in [0.05, 0.1) is 18.1 Å². The van der Waals surface area contributed by atoms with Crippen LogP contribution in [0.4, 0.5) is 5.69 Å². The molecule has 0 aliphatic rings. The molecule has 0 N–H and O–H groups in total. The molecule has 100 valence electrons. The molecule has 0 spiro atoms. The zero-order chi connectivity index (χ0) is 13.6. The summed E-state index contributed by atoms with van der Waals surface area (Å²) in [5, 5.41) is 10.5. The molecule has 6 nitrogen and oxygen atoms in total. The Balaban J connectivity index is 0.00000324. The molecule has 9 heteroatoms. The molecule has 0 aliphatic carbocycles. The van der Waals surface area contributed by atoms with E-state index in [2.05, 4.69) is 0 Å². The summed E-state index contributed by atoms with van der Waals surface area (Å²) >= 11 is 5.18. The summed E-state index contributed by atoms with van der Waals surface area (Å²) in [5.41, 5.74) is -0.0107. The number of hydrogen-bond donors (Lipinski definition) is 0. The summed E-state index contributed by atoms with van der Waals surface area (Å²) in [5.74, 6) is 0.394. The molecule has 0 aromatic heterocycles. The van der Waals surface area contributed by atoms with Gasteiger partial charge in [-0.25, -0.2) is 0 Å². The van der Waals surface area contributed by atoms with Gasteiger partial charge in [-0.3, -0.25) is 19.2 Å². The average molecular weight is 318 g/mol. The second kappa shape index (κ2) is 8.65. The maximum absolute atomic E-state index is 10.5. The molecule has 0 heterocycles. The van der Waals surface area contributed by atoms with Crippen LogP contribution in [-0.4, -0.2) is 35.5 Å². The Morgan fingerprint density at radius 2 is 1.68 bits per heavy atom. The number of hydrogen-bond acceptors (Lipinski definition) is 6. The molecule has 1 aromatic carbocycles. The monoisotopic (exact) mass is 318 g/mol. The van der Waals surface area contributed by atoms with Crippen LogP contribution in [0.2, 0.25) is 0 Å². The minimum absolute atomic E-state index is 0. The van der Waals surface area contributed by atoms with Gasteiger partial charge in [-0.05, 0) is 26.0 Å². The molecule has 0 unspecified atom stereocenters. The van der Waals surface area contributed by atoms with Crippen LogP contribution in [0.3, 0.4) is 0 Å². The van der Waals surface area contributed by atoms with Gasteiger partial charge in [-0.15, -0.1) is 0 Å². The summed E-state index contributed by atoms with van der Waals surface area (Å²) < 4.78 is 16.1. The Hall–Kier alpha value is -0.478. The van der Waals surface area contributed by atoms with E-state index in [0.29, 0.717) is 19.0 Å². The van der Waals surface area contributed by atoms with Crippen molar-refractivity contribution >= 4 is 41.6 Å². The zero-order valence-corrected chi connectivity index (χ0v) is 13.5. The molecule has 0 bridgehead atoms. The first-order valence-corrected chi connectivity index (χ1v) is 7.89. The van der Waals surface area contributed by atoms with Crippen LogP contribution in [0.1, 0.15) is 13.8 Å². The van der Waals surface area contributed by atoms with Gasteiger partial charge < -0.3 is 4.52 Å². The number of rotatable bonds is 7. The minimum atomic E-state index is -2.82. The van der Waals surface area contributed by atoms with Crippen molar-refractivity contribution in [1.82, 2.24) is 0 Å². The van der Waals surface area contributed by atoms with Crippen LogP contribution in [-0.2, 0) is 20.9 Å². The molecule has 0 radical (unpaired) electrons. The molecular weight excluding hydrogens is 304 g/mol. The van der Waals surface area contributed by atoms with E-state index >= 15 is 0 Å². The number of non-ortho nitro benzene ring substituents is 1. The first-order valence-electron chi connectivity index (χ1n) is 5.34. The van der Waals surface area contributed by atoms with Gasteiger partial charge in [0.1, 0.15) is 5.75 Å². The maximum atomic E-state index is 10.5. The summed E-state index contributed by atoms with van der Waals surface area (Å²) in [6, 6.07) is 5.62. The van der Waals surface area contributed by atoms with Crippen molar-refractivity contribution < 1.29 is 18.5 Å². The molecule has 0 saturated heterocycles. The fourth-order valence-corrected chi connectivity index (χ4v) is 3.25. The summed E-state index contributed by atoms with van der Waals surface area (Å²) in [4.78, 5) is 10.0. The van der Waals surface area contributed by atoms with E-state index in [1.165, 1.54) is 24.3 Å². The average Bonchev–Trinajstić information content (AvgIpc) is 2.30. The van der Waals surface area contributed by atoms with E-state index in [9.17, 15) is 10.1 Å². The van der Waals surface area contributed by atoms with E-state index in [1.807, 2.05) is 0 Å². The van der Waals surface area contributed by atoms with E-state index < -0.39 is 11.6 Å². The molecular formula is C10H14AlNO5PS+3. The second-order valence-corrected chi connectivity index (χ2v) is 6.06. The number of nitro benzene ring substituents is 1. The van der Waals surface area contributed by atoms with Crippen LogP contribution in [0.5, 0.6) is 5.75 Å². The van der Waals surface area contributed by atoms with Crippen molar-refractivity contribution in [2.45, 2.75) is 13.8 Å². The van der Waals surface area contributed by atoms with Crippen molar-refractivity contribution in [3.05, 3.63) is 34.4 Å². The van der Waals surface area contributed by atoms with Gasteiger partial charge in [0.25, 0.3) is 5.69 Å². The van der Waals surface area contributed by atoms with E-state index in [4.69, 9.17) is 25.4 Å². The van der Waals surface area contributed by atoms with Crippen molar-refractivity contribution in [3.8, 4) is 5.75 Å². The third-order valence-electron chi connectivity index (χ3n) is 1.84. The predicted molar refractivity (Wildman–Crippen MR) is 77.0 cm³/mol. The molecule has 0 atom stereocenters. The van der Waals surface area contributed by atoms with Gasteiger partial charge in [0.15, 0.2) is 0 Å². The Morgan fingerprint density at radius 1 is 1.21 bits per heavy atom. The van der Waals surface area contributed by atoms with E-state index in [1.54, 1.807) is 13.8 Å². The standard InChI is InChI=1S/C10H14NO5PS.Al/c1-3-14-17(18,15-4-2)16-10-7-5-9(6-8-10)11(12)13;/h5-8H,3-4H2,1-2H3;/q;+3. The summed E-state index contributed by atoms with van der Waals surface area (Å²) in [6.07, 6.45) is 0. The van der Waals surface area contributed by atoms with Crippen LogP contribution in [0.15, 0.2) is 24.3 Å². The molecule has 0 fully saturated rings. The Bertz CT molecular complexity index is 446. The zero-order valence-electron chi connectivity index (χ0n) is 10.6. The molecule has 0 aliphatic heterocycles. The fourth-order valence-electron chi connectivity index (χ4n) is 1.16. The summed E-state index contributed by atoms with van der Waals surface area (Å²) in [6.45, 7) is 1.52. The Kier molecular flexibility index (Phi) is 8.43. The van der Waals surface area contributed by atoms with Gasteiger partial charge in [-0.2, -0.15) is 0 Å². The first kappa shape index (κ1) is 18.5. The number of nitro groups is 1. The maximum Gasteiger partial charge on any atom is 3.00 e. The molecule has 1 aromatic rings. The SMILES string of the molecule is CCOP(=S)(OCC)Oc1ccc([N+](=O)[O-])cc1.[Al+3]. The summed E-state index contributed by atoms with van der Waals surface area (Å²) in [7, 11) is 0. The molecule has 1 rings (SSSR count). The molecule has 0 amide bonds. The van der Waals surface area contributed by atoms with Gasteiger partial charge >= 0.3 is 24.1 Å². The topological polar surface area (TPSA) is 70.8 Å². The van der Waals surface area contributed by atoms with Crippen LogP contribution >= 0.6 is 6.72 Å². The number of benzene rings is 1. The predicted octanol–water partition coefficient (Wildman–Crippen LogP) is 2.89. The van der Waals surface area contributed by atoms with Crippen LogP contribution < -0.4 is 4.52 Å². The largest absolute Gasteiger partial charge is 3.00 e. The van der Waals surface area contributed by atoms with E-state index in [0.717, 1.165) is 0 Å².